The maximum Gasteiger partial charge on any atom is 0.187 e. The van der Waals surface area contributed by atoms with Crippen LogP contribution in [0.4, 0.5) is 5.69 Å². The molecule has 13 aromatic rings. The molecule has 2 heterocycles. The summed E-state index contributed by atoms with van der Waals surface area (Å²) in [7, 11) is 0. The Morgan fingerprint density at radius 1 is 0.286 bits per heavy atom. The second kappa shape index (κ2) is 20.9. The molecule has 2 bridgehead atoms. The Hall–Kier alpha value is -11.4. The van der Waals surface area contributed by atoms with Crippen molar-refractivity contribution < 1.29 is 0 Å². The van der Waals surface area contributed by atoms with Gasteiger partial charge in [0.1, 0.15) is 0 Å². The third-order valence-corrected chi connectivity index (χ3v) is 16.6. The SMILES string of the molecule is [C-]#[N+]c1ccc(-c2ccc(-c3cc(-c4ccccc4-c4ccc5c(c4)C4c6ccccc6C5c5cc(-c6ccccc6-c6nc(-c7ccccc7)cc(-c7ccc(-c8ccc(C#N)cc8)cc7)n6)ccc54)nc(-c4ccccc4)n3)cc2)cc1. The molecule has 2 atom stereocenters. The molecule has 84 heavy (non-hydrogen) atoms. The fourth-order valence-electron chi connectivity index (χ4n) is 12.5. The van der Waals surface area contributed by atoms with Crippen molar-refractivity contribution in [2.75, 3.05) is 0 Å². The van der Waals surface area contributed by atoms with Crippen molar-refractivity contribution in [3.8, 4) is 118 Å². The molecule has 0 radical (unpaired) electrons. The summed E-state index contributed by atoms with van der Waals surface area (Å²) >= 11 is 0. The summed E-state index contributed by atoms with van der Waals surface area (Å²) in [5.41, 5.74) is 27.2. The molecule has 390 valence electrons. The average Bonchev–Trinajstić information content (AvgIpc) is 0.975. The Morgan fingerprint density at radius 2 is 0.643 bits per heavy atom. The number of nitrogens with zero attached hydrogens (tertiary/aromatic N) is 6. The number of rotatable bonds is 10. The first kappa shape index (κ1) is 49.6. The molecule has 16 rings (SSSR count). The third-order valence-electron chi connectivity index (χ3n) is 16.6. The Bertz CT molecular complexity index is 4460. The van der Waals surface area contributed by atoms with Crippen molar-refractivity contribution >= 4 is 5.69 Å². The maximum atomic E-state index is 9.37. The summed E-state index contributed by atoms with van der Waals surface area (Å²) in [4.78, 5) is 24.7. The van der Waals surface area contributed by atoms with Crippen LogP contribution < -0.4 is 0 Å². The topological polar surface area (TPSA) is 79.7 Å². The summed E-state index contributed by atoms with van der Waals surface area (Å²) < 4.78 is 0. The minimum absolute atomic E-state index is 0.0338. The van der Waals surface area contributed by atoms with Gasteiger partial charge in [0.15, 0.2) is 17.3 Å². The molecule has 6 nitrogen and oxygen atoms in total. The highest BCUT2D eigenvalue weighted by Crippen LogP contribution is 2.57. The van der Waals surface area contributed by atoms with E-state index in [4.69, 9.17) is 26.5 Å². The Kier molecular flexibility index (Phi) is 12.3. The molecule has 0 saturated carbocycles. The largest absolute Gasteiger partial charge is 0.238 e. The van der Waals surface area contributed by atoms with Crippen LogP contribution in [-0.4, -0.2) is 19.9 Å². The number of nitriles is 1. The lowest BCUT2D eigenvalue weighted by molar-refractivity contribution is 0.755. The van der Waals surface area contributed by atoms with Gasteiger partial charge in [0.05, 0.1) is 41.0 Å². The van der Waals surface area contributed by atoms with Gasteiger partial charge < -0.3 is 0 Å². The highest BCUT2D eigenvalue weighted by atomic mass is 14.9. The molecule has 2 unspecified atom stereocenters. The fourth-order valence-corrected chi connectivity index (χ4v) is 12.5. The average molecular weight is 1070 g/mol. The van der Waals surface area contributed by atoms with Gasteiger partial charge in [-0.15, -0.1) is 0 Å². The molecule has 3 aliphatic rings. The van der Waals surface area contributed by atoms with Crippen molar-refractivity contribution in [3.63, 3.8) is 0 Å². The van der Waals surface area contributed by atoms with Crippen molar-refractivity contribution in [3.05, 3.63) is 329 Å². The third kappa shape index (κ3) is 8.93. The Morgan fingerprint density at radius 3 is 1.15 bits per heavy atom. The lowest BCUT2D eigenvalue weighted by Crippen LogP contribution is -2.27. The molecule has 0 amide bonds. The summed E-state index contributed by atoms with van der Waals surface area (Å²) in [6.07, 6.45) is 0. The van der Waals surface area contributed by atoms with Crippen LogP contribution in [0.25, 0.3) is 117 Å². The van der Waals surface area contributed by atoms with E-state index in [9.17, 15) is 5.26 Å². The van der Waals surface area contributed by atoms with Gasteiger partial charge in [0.2, 0.25) is 0 Å². The van der Waals surface area contributed by atoms with Crippen molar-refractivity contribution in [2.24, 2.45) is 0 Å². The quantitative estimate of drug-likeness (QED) is 0.128. The predicted octanol–water partition coefficient (Wildman–Crippen LogP) is 19.3. The van der Waals surface area contributed by atoms with Crippen LogP contribution in [0.15, 0.2) is 279 Å². The van der Waals surface area contributed by atoms with E-state index >= 15 is 0 Å². The highest BCUT2D eigenvalue weighted by molar-refractivity contribution is 5.88. The first-order valence-electron chi connectivity index (χ1n) is 28.2. The van der Waals surface area contributed by atoms with Gasteiger partial charge in [0.25, 0.3) is 0 Å². The molecule has 0 saturated heterocycles. The first-order chi connectivity index (χ1) is 41.5. The molecule has 11 aromatic carbocycles. The van der Waals surface area contributed by atoms with Gasteiger partial charge in [-0.05, 0) is 114 Å². The zero-order chi connectivity index (χ0) is 56.1. The van der Waals surface area contributed by atoms with Crippen molar-refractivity contribution in [2.45, 2.75) is 11.8 Å². The maximum absolute atomic E-state index is 9.37. The molecule has 3 aliphatic carbocycles. The van der Waals surface area contributed by atoms with Crippen molar-refractivity contribution in [1.82, 2.24) is 19.9 Å². The Balaban J connectivity index is 0.796. The smallest absolute Gasteiger partial charge is 0.187 e. The molecule has 0 spiro atoms. The minimum atomic E-state index is 0.0338. The van der Waals surface area contributed by atoms with Crippen molar-refractivity contribution in [1.29, 1.82) is 5.26 Å². The van der Waals surface area contributed by atoms with Gasteiger partial charge >= 0.3 is 0 Å². The van der Waals surface area contributed by atoms with Gasteiger partial charge in [-0.1, -0.05) is 243 Å². The van der Waals surface area contributed by atoms with Gasteiger partial charge in [-0.3, -0.25) is 0 Å². The van der Waals surface area contributed by atoms with E-state index < -0.39 is 0 Å². The molecule has 2 aromatic heterocycles. The second-order valence-electron chi connectivity index (χ2n) is 21.4. The standard InChI is InChI=1S/C78H48N6/c1-80-60-40-36-53(37-41-60)52-30-34-56(35-31-52)73-47-74(84-77(81-73)57-16-6-3-7-17-57)63-20-10-8-18-61(63)58-38-42-66-69(44-58)75-64-21-11-12-22-65(64)76(66)70-45-59(39-43-67(70)75)62-19-9-13-23-68(62)78-82-71(54-14-4-2-5-15-54)46-72(83-78)55-32-28-51(29-33-55)50-26-24-49(48-79)25-27-50/h2-47,75-76H. The lowest BCUT2D eigenvalue weighted by atomic mass is 9.60. The van der Waals surface area contributed by atoms with Crippen LogP contribution in [0.3, 0.4) is 0 Å². The van der Waals surface area contributed by atoms with Crippen LogP contribution in [0.5, 0.6) is 0 Å². The number of hydrogen-bond acceptors (Lipinski definition) is 5. The molecular formula is C78H48N6. The van der Waals surface area contributed by atoms with Crippen LogP contribution in [0.2, 0.25) is 0 Å². The molecule has 6 heteroatoms. The van der Waals surface area contributed by atoms with E-state index in [1.54, 1.807) is 0 Å². The molecule has 0 aliphatic heterocycles. The number of hydrogen-bond donors (Lipinski definition) is 0. The van der Waals surface area contributed by atoms with Gasteiger partial charge in [-0.25, -0.2) is 24.8 Å². The zero-order valence-corrected chi connectivity index (χ0v) is 45.4. The first-order valence-corrected chi connectivity index (χ1v) is 28.2. The minimum Gasteiger partial charge on any atom is -0.238 e. The lowest BCUT2D eigenvalue weighted by Gasteiger charge is -2.42. The van der Waals surface area contributed by atoms with E-state index in [0.717, 1.165) is 101 Å². The van der Waals surface area contributed by atoms with Crippen LogP contribution >= 0.6 is 0 Å². The van der Waals surface area contributed by atoms with E-state index in [-0.39, 0.29) is 11.8 Å². The summed E-state index contributed by atoms with van der Waals surface area (Å²) in [6.45, 7) is 7.39. The molecular weight excluding hydrogens is 1020 g/mol. The predicted molar refractivity (Wildman–Crippen MR) is 338 cm³/mol. The van der Waals surface area contributed by atoms with E-state index in [2.05, 4.69) is 205 Å². The van der Waals surface area contributed by atoms with E-state index in [1.807, 2.05) is 84.9 Å². The van der Waals surface area contributed by atoms with Crippen LogP contribution in [0.1, 0.15) is 50.8 Å². The normalized spacial score (nSPS) is 13.5. The van der Waals surface area contributed by atoms with E-state index in [0.29, 0.717) is 22.9 Å². The van der Waals surface area contributed by atoms with Gasteiger partial charge in [0, 0.05) is 45.2 Å². The summed E-state index contributed by atoms with van der Waals surface area (Å²) in [5, 5.41) is 9.37. The van der Waals surface area contributed by atoms with Gasteiger partial charge in [-0.2, -0.15) is 5.26 Å². The Labute approximate surface area is 487 Å². The number of aromatic nitrogens is 4. The van der Waals surface area contributed by atoms with E-state index in [1.165, 1.54) is 33.4 Å². The van der Waals surface area contributed by atoms with Crippen LogP contribution in [-0.2, 0) is 0 Å². The summed E-state index contributed by atoms with van der Waals surface area (Å²) in [6, 6.07) is 99.7. The highest BCUT2D eigenvalue weighted by Gasteiger charge is 2.41. The second-order valence-corrected chi connectivity index (χ2v) is 21.4. The zero-order valence-electron chi connectivity index (χ0n) is 45.4. The summed E-state index contributed by atoms with van der Waals surface area (Å²) in [5.74, 6) is 1.39. The number of benzene rings is 11. The van der Waals surface area contributed by atoms with Crippen LogP contribution in [0, 0.1) is 17.9 Å². The monoisotopic (exact) mass is 1070 g/mol. The molecule has 0 fully saturated rings. The molecule has 0 N–H and O–H groups in total. The fraction of sp³-hybridized carbons (Fsp3) is 0.0256.